The third kappa shape index (κ3) is 5.65. The lowest BCUT2D eigenvalue weighted by Gasteiger charge is -2.19. The lowest BCUT2D eigenvalue weighted by molar-refractivity contribution is -0.128. The number of amides is 1. The summed E-state index contributed by atoms with van der Waals surface area (Å²) in [7, 11) is 1.60. The summed E-state index contributed by atoms with van der Waals surface area (Å²) in [5.74, 6) is 2.18. The molecule has 0 radical (unpaired) electrons. The highest BCUT2D eigenvalue weighted by molar-refractivity contribution is 7.99. The molecule has 1 amide bonds. The van der Waals surface area contributed by atoms with Crippen LogP contribution in [0.4, 0.5) is 0 Å². The quantitative estimate of drug-likeness (QED) is 0.699. The number of hydrogen-bond donors (Lipinski definition) is 1. The third-order valence-corrected chi connectivity index (χ3v) is 5.44. The zero-order chi connectivity index (χ0) is 16.5. The van der Waals surface area contributed by atoms with Crippen LogP contribution in [0.15, 0.2) is 24.3 Å². The molecule has 23 heavy (non-hydrogen) atoms. The van der Waals surface area contributed by atoms with Gasteiger partial charge in [-0.25, -0.2) is 0 Å². The van der Waals surface area contributed by atoms with Gasteiger partial charge in [-0.05, 0) is 31.4 Å². The zero-order valence-electron chi connectivity index (χ0n) is 14.0. The fourth-order valence-corrected chi connectivity index (χ4v) is 3.98. The van der Waals surface area contributed by atoms with E-state index in [0.717, 1.165) is 11.0 Å². The average molecular weight is 337 g/mol. The van der Waals surface area contributed by atoms with Crippen LogP contribution >= 0.6 is 11.8 Å². The second-order valence-electron chi connectivity index (χ2n) is 5.73. The molecule has 1 aliphatic rings. The van der Waals surface area contributed by atoms with E-state index in [0.29, 0.717) is 24.5 Å². The Balaban J connectivity index is 1.76. The van der Waals surface area contributed by atoms with E-state index in [1.165, 1.54) is 25.7 Å². The number of nitrogens with one attached hydrogen (secondary N) is 1. The number of hydrogen-bond acceptors (Lipinski definition) is 4. The Kier molecular flexibility index (Phi) is 7.59. The maximum atomic E-state index is 12.3. The molecule has 0 aromatic heterocycles. The Bertz CT molecular complexity index is 489. The van der Waals surface area contributed by atoms with E-state index in [4.69, 9.17) is 9.47 Å². The number of para-hydroxylation sites is 2. The fraction of sp³-hybridized carbons (Fsp3) is 0.611. The Morgan fingerprint density at radius 1 is 1.30 bits per heavy atom. The third-order valence-electron chi connectivity index (χ3n) is 4.06. The molecule has 0 spiro atoms. The van der Waals surface area contributed by atoms with E-state index in [9.17, 15) is 4.79 Å². The Morgan fingerprint density at radius 2 is 2.00 bits per heavy atom. The zero-order valence-corrected chi connectivity index (χ0v) is 14.9. The van der Waals surface area contributed by atoms with E-state index in [2.05, 4.69) is 5.32 Å². The van der Waals surface area contributed by atoms with Gasteiger partial charge in [-0.2, -0.15) is 11.8 Å². The van der Waals surface area contributed by atoms with Crippen molar-refractivity contribution in [2.45, 2.75) is 50.4 Å². The molecule has 2 rings (SSSR count). The predicted octanol–water partition coefficient (Wildman–Crippen LogP) is 3.64. The van der Waals surface area contributed by atoms with Crippen LogP contribution in [-0.2, 0) is 4.79 Å². The van der Waals surface area contributed by atoms with Crippen LogP contribution in [0.2, 0.25) is 0 Å². The Hall–Kier alpha value is -1.36. The molecule has 5 heteroatoms. The summed E-state index contributed by atoms with van der Waals surface area (Å²) >= 11 is 1.98. The van der Waals surface area contributed by atoms with E-state index in [-0.39, 0.29) is 5.91 Å². The van der Waals surface area contributed by atoms with Gasteiger partial charge in [0.1, 0.15) is 0 Å². The second-order valence-corrected chi connectivity index (χ2v) is 7.14. The SMILES string of the molecule is CCC(Oc1ccccc1OC)C(=O)NCCSC1CCCC1. The number of carbonyl (C=O) groups excluding carboxylic acids is 1. The van der Waals surface area contributed by atoms with E-state index in [1.807, 2.05) is 43.0 Å². The second kappa shape index (κ2) is 9.71. The average Bonchev–Trinajstić information content (AvgIpc) is 3.10. The van der Waals surface area contributed by atoms with Crippen LogP contribution < -0.4 is 14.8 Å². The van der Waals surface area contributed by atoms with E-state index < -0.39 is 6.10 Å². The van der Waals surface area contributed by atoms with Crippen LogP contribution in [0.3, 0.4) is 0 Å². The normalized spacial score (nSPS) is 16.1. The summed E-state index contributed by atoms with van der Waals surface area (Å²) in [6.07, 6.45) is 5.51. The van der Waals surface area contributed by atoms with E-state index >= 15 is 0 Å². The van der Waals surface area contributed by atoms with Crippen molar-refractivity contribution in [2.24, 2.45) is 0 Å². The minimum atomic E-state index is -0.484. The molecule has 0 aliphatic heterocycles. The van der Waals surface area contributed by atoms with Crippen molar-refractivity contribution < 1.29 is 14.3 Å². The lowest BCUT2D eigenvalue weighted by Crippen LogP contribution is -2.39. The first-order chi connectivity index (χ1) is 11.2. The minimum Gasteiger partial charge on any atom is -0.493 e. The van der Waals surface area contributed by atoms with Gasteiger partial charge in [-0.3, -0.25) is 4.79 Å². The van der Waals surface area contributed by atoms with Crippen molar-refractivity contribution in [3.8, 4) is 11.5 Å². The number of methoxy groups -OCH3 is 1. The van der Waals surface area contributed by atoms with Gasteiger partial charge in [0.25, 0.3) is 5.91 Å². The summed E-state index contributed by atoms with van der Waals surface area (Å²) in [5, 5.41) is 3.78. The molecule has 1 unspecified atom stereocenters. The molecule has 4 nitrogen and oxygen atoms in total. The molecule has 1 saturated carbocycles. The van der Waals surface area contributed by atoms with Crippen molar-refractivity contribution >= 4 is 17.7 Å². The molecule has 1 fully saturated rings. The van der Waals surface area contributed by atoms with Crippen molar-refractivity contribution in [1.82, 2.24) is 5.32 Å². The molecule has 1 atom stereocenters. The summed E-state index contributed by atoms with van der Waals surface area (Å²) in [6.45, 7) is 2.65. The molecule has 128 valence electrons. The van der Waals surface area contributed by atoms with Crippen molar-refractivity contribution in [3.05, 3.63) is 24.3 Å². The smallest absolute Gasteiger partial charge is 0.261 e. The fourth-order valence-electron chi connectivity index (χ4n) is 2.76. The highest BCUT2D eigenvalue weighted by Gasteiger charge is 2.20. The monoisotopic (exact) mass is 337 g/mol. The van der Waals surface area contributed by atoms with Gasteiger partial charge < -0.3 is 14.8 Å². The van der Waals surface area contributed by atoms with Gasteiger partial charge in [-0.1, -0.05) is 31.9 Å². The van der Waals surface area contributed by atoms with Crippen LogP contribution in [-0.4, -0.2) is 36.7 Å². The molecular weight excluding hydrogens is 310 g/mol. The van der Waals surface area contributed by atoms with Crippen LogP contribution in [0.25, 0.3) is 0 Å². The van der Waals surface area contributed by atoms with Gasteiger partial charge in [0.05, 0.1) is 7.11 Å². The first-order valence-corrected chi connectivity index (χ1v) is 9.48. The van der Waals surface area contributed by atoms with E-state index in [1.54, 1.807) is 7.11 Å². The number of benzene rings is 1. The van der Waals surface area contributed by atoms with Crippen molar-refractivity contribution in [3.63, 3.8) is 0 Å². The molecule has 0 heterocycles. The molecule has 1 aliphatic carbocycles. The molecule has 1 aromatic carbocycles. The number of carbonyl (C=O) groups is 1. The van der Waals surface area contributed by atoms with Gasteiger partial charge >= 0.3 is 0 Å². The maximum Gasteiger partial charge on any atom is 0.261 e. The molecule has 0 bridgehead atoms. The predicted molar refractivity (Wildman–Crippen MR) is 95.4 cm³/mol. The maximum absolute atomic E-state index is 12.3. The van der Waals surface area contributed by atoms with Crippen LogP contribution in [0, 0.1) is 0 Å². The standard InChI is InChI=1S/C18H27NO3S/c1-3-15(22-17-11-7-6-10-16(17)21-2)18(20)19-12-13-23-14-8-4-5-9-14/h6-7,10-11,14-15H,3-5,8-9,12-13H2,1-2H3,(H,19,20). The Morgan fingerprint density at radius 3 is 2.65 bits per heavy atom. The summed E-state index contributed by atoms with van der Waals surface area (Å²) in [6, 6.07) is 7.41. The molecule has 0 saturated heterocycles. The minimum absolute atomic E-state index is 0.0505. The summed E-state index contributed by atoms with van der Waals surface area (Å²) in [4.78, 5) is 12.3. The molecule has 1 aromatic rings. The van der Waals surface area contributed by atoms with Crippen molar-refractivity contribution in [2.75, 3.05) is 19.4 Å². The van der Waals surface area contributed by atoms with Gasteiger partial charge in [0.15, 0.2) is 17.6 Å². The van der Waals surface area contributed by atoms with Crippen LogP contribution in [0.5, 0.6) is 11.5 Å². The van der Waals surface area contributed by atoms with Gasteiger partial charge in [0.2, 0.25) is 0 Å². The summed E-state index contributed by atoms with van der Waals surface area (Å²) < 4.78 is 11.1. The molecule has 1 N–H and O–H groups in total. The van der Waals surface area contributed by atoms with Crippen molar-refractivity contribution in [1.29, 1.82) is 0 Å². The lowest BCUT2D eigenvalue weighted by atomic mass is 10.2. The number of rotatable bonds is 9. The number of thioether (sulfide) groups is 1. The van der Waals surface area contributed by atoms with Crippen LogP contribution in [0.1, 0.15) is 39.0 Å². The van der Waals surface area contributed by atoms with Gasteiger partial charge in [0, 0.05) is 17.5 Å². The Labute approximate surface area is 143 Å². The first kappa shape index (κ1) is 18.0. The molecular formula is C18H27NO3S. The highest BCUT2D eigenvalue weighted by atomic mass is 32.2. The first-order valence-electron chi connectivity index (χ1n) is 8.43. The highest BCUT2D eigenvalue weighted by Crippen LogP contribution is 2.29. The summed E-state index contributed by atoms with van der Waals surface area (Å²) in [5.41, 5.74) is 0. The number of ether oxygens (including phenoxy) is 2. The van der Waals surface area contributed by atoms with Gasteiger partial charge in [-0.15, -0.1) is 0 Å². The largest absolute Gasteiger partial charge is 0.493 e. The topological polar surface area (TPSA) is 47.6 Å².